The van der Waals surface area contributed by atoms with E-state index in [0.29, 0.717) is 11.1 Å². The highest BCUT2D eigenvalue weighted by molar-refractivity contribution is 6.61. The van der Waals surface area contributed by atoms with Gasteiger partial charge in [0.25, 0.3) is 0 Å². The van der Waals surface area contributed by atoms with Crippen molar-refractivity contribution in [3.63, 3.8) is 0 Å². The van der Waals surface area contributed by atoms with Crippen molar-refractivity contribution in [2.24, 2.45) is 0 Å². The molecule has 0 bridgehead atoms. The summed E-state index contributed by atoms with van der Waals surface area (Å²) in [5, 5.41) is 0. The van der Waals surface area contributed by atoms with Crippen LogP contribution in [0.25, 0.3) is 0 Å². The lowest BCUT2D eigenvalue weighted by molar-refractivity contribution is 0.103. The van der Waals surface area contributed by atoms with Crippen molar-refractivity contribution in [2.75, 3.05) is 0 Å². The van der Waals surface area contributed by atoms with Crippen LogP contribution in [0.3, 0.4) is 0 Å². The van der Waals surface area contributed by atoms with Crippen LogP contribution < -0.4 is 9.47 Å². The minimum atomic E-state index is -0.955. The Morgan fingerprint density at radius 2 is 0.955 bits per heavy atom. The van der Waals surface area contributed by atoms with Crippen molar-refractivity contribution < 1.29 is 23.9 Å². The molecule has 0 N–H and O–H groups in total. The summed E-state index contributed by atoms with van der Waals surface area (Å²) < 4.78 is 9.32. The molecule has 0 fully saturated rings. The summed E-state index contributed by atoms with van der Waals surface area (Å²) in [5.74, 6) is 0.231. The summed E-state index contributed by atoms with van der Waals surface area (Å²) in [4.78, 5) is 33.4. The maximum atomic E-state index is 12.2. The molecule has 0 amide bonds. The first kappa shape index (κ1) is 16.0. The molecule has 112 valence electrons. The number of hydrogen-bond acceptors (Lipinski definition) is 5. The molecule has 0 aliphatic heterocycles. The largest absolute Gasteiger partial charge is 0.415 e. The predicted molar refractivity (Wildman–Crippen MR) is 80.1 cm³/mol. The van der Waals surface area contributed by atoms with Crippen LogP contribution in [-0.4, -0.2) is 16.6 Å². The second kappa shape index (κ2) is 7.06. The van der Waals surface area contributed by atoms with E-state index in [-0.39, 0.29) is 17.3 Å². The number of halogens is 2. The molecule has 0 aromatic heterocycles. The number of ketones is 1. The van der Waals surface area contributed by atoms with E-state index >= 15 is 0 Å². The highest BCUT2D eigenvalue weighted by Crippen LogP contribution is 2.19. The maximum absolute atomic E-state index is 12.2. The van der Waals surface area contributed by atoms with Crippen LogP contribution >= 0.6 is 23.2 Å². The van der Waals surface area contributed by atoms with Gasteiger partial charge in [0.15, 0.2) is 5.78 Å². The zero-order valence-corrected chi connectivity index (χ0v) is 12.4. The third-order valence-corrected chi connectivity index (χ3v) is 2.78. The molecule has 5 nitrogen and oxygen atoms in total. The molecule has 0 radical (unpaired) electrons. The Hall–Kier alpha value is -2.37. The van der Waals surface area contributed by atoms with E-state index in [9.17, 15) is 14.4 Å². The fraction of sp³-hybridized carbons (Fsp3) is 0. The van der Waals surface area contributed by atoms with Gasteiger partial charge in [-0.05, 0) is 48.5 Å². The van der Waals surface area contributed by atoms with Crippen LogP contribution in [0.15, 0.2) is 48.5 Å². The second-order valence-corrected chi connectivity index (χ2v) is 4.67. The Kier molecular flexibility index (Phi) is 5.14. The highest BCUT2D eigenvalue weighted by Gasteiger charge is 2.10. The SMILES string of the molecule is O=C(Cl)Oc1ccc(C(=O)c2ccc(OC(=O)Cl)cc2)cc1. The molecule has 22 heavy (non-hydrogen) atoms. The fourth-order valence-corrected chi connectivity index (χ4v) is 1.88. The van der Waals surface area contributed by atoms with E-state index in [1.807, 2.05) is 0 Å². The molecule has 2 aromatic rings. The summed E-state index contributed by atoms with van der Waals surface area (Å²) in [7, 11) is 0. The molecule has 0 atom stereocenters. The van der Waals surface area contributed by atoms with E-state index in [1.165, 1.54) is 48.5 Å². The molecule has 0 aliphatic carbocycles. The summed E-state index contributed by atoms with van der Waals surface area (Å²) in [6.07, 6.45) is 0. The van der Waals surface area contributed by atoms with Gasteiger partial charge in [0.05, 0.1) is 0 Å². The van der Waals surface area contributed by atoms with Gasteiger partial charge in [0, 0.05) is 34.3 Å². The van der Waals surface area contributed by atoms with E-state index in [1.54, 1.807) is 0 Å². The van der Waals surface area contributed by atoms with Gasteiger partial charge in [-0.1, -0.05) is 0 Å². The lowest BCUT2D eigenvalue weighted by atomic mass is 10.0. The molecule has 0 saturated heterocycles. The van der Waals surface area contributed by atoms with E-state index < -0.39 is 10.9 Å². The molecule has 7 heteroatoms. The third kappa shape index (κ3) is 4.31. The van der Waals surface area contributed by atoms with Crippen molar-refractivity contribution in [1.82, 2.24) is 0 Å². The number of hydrogen-bond donors (Lipinski definition) is 0. The molecule has 0 unspecified atom stereocenters. The van der Waals surface area contributed by atoms with E-state index in [2.05, 4.69) is 9.47 Å². The lowest BCUT2D eigenvalue weighted by Gasteiger charge is -2.04. The fourth-order valence-electron chi connectivity index (χ4n) is 1.70. The number of ether oxygens (including phenoxy) is 2. The molecular formula is C15H8Cl2O5. The van der Waals surface area contributed by atoms with Crippen LogP contribution in [-0.2, 0) is 0 Å². The summed E-state index contributed by atoms with van der Waals surface area (Å²) >= 11 is 10.2. The second-order valence-electron chi connectivity index (χ2n) is 4.06. The number of rotatable bonds is 4. The van der Waals surface area contributed by atoms with E-state index in [0.717, 1.165) is 0 Å². The van der Waals surface area contributed by atoms with Gasteiger partial charge in [-0.15, -0.1) is 0 Å². The van der Waals surface area contributed by atoms with Gasteiger partial charge in [-0.3, -0.25) is 4.79 Å². The molecule has 0 aliphatic rings. The van der Waals surface area contributed by atoms with Crippen molar-refractivity contribution in [3.05, 3.63) is 59.7 Å². The number of carbonyl (C=O) groups is 3. The molecule has 0 spiro atoms. The zero-order chi connectivity index (χ0) is 16.1. The first-order valence-electron chi connectivity index (χ1n) is 5.95. The molecule has 0 heterocycles. The smallest absolute Gasteiger partial charge is 0.409 e. The van der Waals surface area contributed by atoms with Crippen LogP contribution in [0.2, 0.25) is 0 Å². The normalized spacial score (nSPS) is 9.91. The maximum Gasteiger partial charge on any atom is 0.409 e. The van der Waals surface area contributed by atoms with Crippen LogP contribution in [0, 0.1) is 0 Å². The third-order valence-electron chi connectivity index (χ3n) is 2.63. The van der Waals surface area contributed by atoms with Gasteiger partial charge in [0.2, 0.25) is 0 Å². The topological polar surface area (TPSA) is 69.7 Å². The number of carbonyl (C=O) groups excluding carboxylic acids is 3. The zero-order valence-electron chi connectivity index (χ0n) is 10.9. The van der Waals surface area contributed by atoms with Crippen LogP contribution in [0.1, 0.15) is 15.9 Å². The van der Waals surface area contributed by atoms with Crippen molar-refractivity contribution >= 4 is 39.8 Å². The molecule has 2 aromatic carbocycles. The average Bonchev–Trinajstić information content (AvgIpc) is 2.47. The molecular weight excluding hydrogens is 331 g/mol. The Labute approximate surface area is 135 Å². The van der Waals surface area contributed by atoms with Gasteiger partial charge in [0.1, 0.15) is 11.5 Å². The molecule has 0 saturated carbocycles. The Balaban J connectivity index is 2.13. The average molecular weight is 339 g/mol. The molecule has 2 rings (SSSR count). The van der Waals surface area contributed by atoms with E-state index in [4.69, 9.17) is 23.2 Å². The summed E-state index contributed by atoms with van der Waals surface area (Å²) in [6, 6.07) is 11.8. The van der Waals surface area contributed by atoms with Crippen molar-refractivity contribution in [1.29, 1.82) is 0 Å². The monoisotopic (exact) mass is 338 g/mol. The summed E-state index contributed by atoms with van der Waals surface area (Å²) in [5.41, 5.74) is -1.11. The number of benzene rings is 2. The van der Waals surface area contributed by atoms with Crippen molar-refractivity contribution in [3.8, 4) is 11.5 Å². The first-order valence-corrected chi connectivity index (χ1v) is 6.71. The van der Waals surface area contributed by atoms with Crippen LogP contribution in [0.4, 0.5) is 9.59 Å². The first-order chi connectivity index (χ1) is 10.5. The minimum absolute atomic E-state index is 0.237. The Morgan fingerprint density at radius 1 is 0.636 bits per heavy atom. The Bertz CT molecular complexity index is 646. The summed E-state index contributed by atoms with van der Waals surface area (Å²) in [6.45, 7) is 0. The standard InChI is InChI=1S/C15H8Cl2O5/c16-14(19)21-11-5-1-9(2-6-11)13(18)10-3-7-12(8-4-10)22-15(17)20/h1-8H. The van der Waals surface area contributed by atoms with Gasteiger partial charge >= 0.3 is 10.9 Å². The van der Waals surface area contributed by atoms with Gasteiger partial charge in [-0.2, -0.15) is 0 Å². The Morgan fingerprint density at radius 3 is 1.23 bits per heavy atom. The lowest BCUT2D eigenvalue weighted by Crippen LogP contribution is -2.02. The van der Waals surface area contributed by atoms with Gasteiger partial charge in [-0.25, -0.2) is 9.59 Å². The van der Waals surface area contributed by atoms with Crippen LogP contribution in [0.5, 0.6) is 11.5 Å². The van der Waals surface area contributed by atoms with Crippen molar-refractivity contribution in [2.45, 2.75) is 0 Å². The van der Waals surface area contributed by atoms with Gasteiger partial charge < -0.3 is 9.47 Å². The minimum Gasteiger partial charge on any atom is -0.415 e. The highest BCUT2D eigenvalue weighted by atomic mass is 35.5. The predicted octanol–water partition coefficient (Wildman–Crippen LogP) is 4.39. The quantitative estimate of drug-likeness (QED) is 0.610.